The normalized spacial score (nSPS) is 11.3. The van der Waals surface area contributed by atoms with Crippen LogP contribution in [0.5, 0.6) is 0 Å². The second-order valence-electron chi connectivity index (χ2n) is 4.46. The van der Waals surface area contributed by atoms with E-state index in [-0.39, 0.29) is 34.3 Å². The van der Waals surface area contributed by atoms with Gasteiger partial charge in [0.15, 0.2) is 0 Å². The quantitative estimate of drug-likeness (QED) is 0.253. The summed E-state index contributed by atoms with van der Waals surface area (Å²) in [6.07, 6.45) is 11.7. The molecule has 0 saturated heterocycles. The average Bonchev–Trinajstić information content (AvgIpc) is 2.24. The first-order valence-electron chi connectivity index (χ1n) is 6.73. The van der Waals surface area contributed by atoms with Crippen LogP contribution in [0.2, 0.25) is 0 Å². The molecule has 0 heterocycles. The van der Waals surface area contributed by atoms with E-state index in [1.54, 1.807) is 0 Å². The Morgan fingerprint density at radius 2 is 1.22 bits per heavy atom. The second kappa shape index (κ2) is 14.5. The van der Waals surface area contributed by atoms with Gasteiger partial charge in [0.05, 0.1) is 14.4 Å². The summed E-state index contributed by atoms with van der Waals surface area (Å²) < 4.78 is 14.3. The van der Waals surface area contributed by atoms with E-state index in [0.717, 1.165) is 12.8 Å². The van der Waals surface area contributed by atoms with Gasteiger partial charge in [-0.3, -0.25) is 0 Å². The van der Waals surface area contributed by atoms with Crippen LogP contribution in [0.25, 0.3) is 0 Å². The zero-order valence-electron chi connectivity index (χ0n) is 11.6. The predicted molar refractivity (Wildman–Crippen MR) is 65.4 cm³/mol. The monoisotopic (exact) mass is 466 g/mol. The first kappa shape index (κ1) is 21.3. The maximum Gasteiger partial charge on any atom is 2.00 e. The van der Waals surface area contributed by atoms with Gasteiger partial charge < -0.3 is 18.9 Å². The van der Waals surface area contributed by atoms with Gasteiger partial charge in [-0.15, -0.1) is 0 Å². The number of hydrogen-bond acceptors (Lipinski definition) is 4. The van der Waals surface area contributed by atoms with Crippen molar-refractivity contribution in [1.29, 1.82) is 0 Å². The van der Waals surface area contributed by atoms with Gasteiger partial charge in [0, 0.05) is 0 Å². The molecule has 0 aliphatic rings. The number of hydrogen-bond donors (Lipinski definition) is 0. The van der Waals surface area contributed by atoms with E-state index < -0.39 is 7.82 Å². The summed E-state index contributed by atoms with van der Waals surface area (Å²) in [5.41, 5.74) is 0. The van der Waals surface area contributed by atoms with Gasteiger partial charge in [0.1, 0.15) is 0 Å². The van der Waals surface area contributed by atoms with Crippen molar-refractivity contribution in [2.75, 3.05) is 6.61 Å². The fourth-order valence-corrected chi connectivity index (χ4v) is 2.12. The molecule has 18 heavy (non-hydrogen) atoms. The van der Waals surface area contributed by atoms with E-state index in [2.05, 4.69) is 11.4 Å². The minimum absolute atomic E-state index is 0. The van der Waals surface area contributed by atoms with Gasteiger partial charge in [-0.25, -0.2) is 0 Å². The fraction of sp³-hybridized carbons (Fsp3) is 1.00. The summed E-state index contributed by atoms with van der Waals surface area (Å²) >= 11 is 0. The smallest absolute Gasteiger partial charge is 0.790 e. The van der Waals surface area contributed by atoms with E-state index in [0.29, 0.717) is 6.42 Å². The molecule has 0 aliphatic carbocycles. The van der Waals surface area contributed by atoms with Gasteiger partial charge in [-0.05, 0) is 6.42 Å². The zero-order chi connectivity index (χ0) is 13.0. The Labute approximate surface area is 132 Å². The molecular weight excluding hydrogens is 440 g/mol. The first-order valence-corrected chi connectivity index (χ1v) is 8.19. The Morgan fingerprint density at radius 1 is 0.833 bits per heavy atom. The van der Waals surface area contributed by atoms with Crippen molar-refractivity contribution in [3.05, 3.63) is 0 Å². The summed E-state index contributed by atoms with van der Waals surface area (Å²) in [7, 11) is -4.74. The third kappa shape index (κ3) is 19.4. The molecule has 0 amide bonds. The van der Waals surface area contributed by atoms with Crippen LogP contribution in [-0.2, 0) is 36.8 Å². The number of phosphoric ester groups is 1. The van der Waals surface area contributed by atoms with Gasteiger partial charge in [0.2, 0.25) is 0 Å². The van der Waals surface area contributed by atoms with Crippen LogP contribution >= 0.6 is 7.82 Å². The molecule has 0 aromatic heterocycles. The molecule has 0 fully saturated rings. The third-order valence-electron chi connectivity index (χ3n) is 2.75. The van der Waals surface area contributed by atoms with Crippen LogP contribution < -0.4 is 9.79 Å². The van der Waals surface area contributed by atoms with E-state index in [1.807, 2.05) is 0 Å². The zero-order valence-corrected chi connectivity index (χ0v) is 18.0. The van der Waals surface area contributed by atoms with Crippen LogP contribution in [0.4, 0.5) is 0 Å². The van der Waals surface area contributed by atoms with Crippen LogP contribution in [0.1, 0.15) is 71.1 Å². The minimum Gasteiger partial charge on any atom is -0.790 e. The van der Waals surface area contributed by atoms with Crippen molar-refractivity contribution >= 4 is 7.82 Å². The van der Waals surface area contributed by atoms with Crippen LogP contribution in [0, 0.1) is 0 Å². The number of phosphoric acid groups is 1. The van der Waals surface area contributed by atoms with Gasteiger partial charge >= 0.3 is 27.7 Å². The van der Waals surface area contributed by atoms with Crippen molar-refractivity contribution in [2.24, 2.45) is 0 Å². The Kier molecular flexibility index (Phi) is 17.1. The summed E-state index contributed by atoms with van der Waals surface area (Å²) in [6, 6.07) is 0. The molecule has 0 N–H and O–H groups in total. The Bertz CT molecular complexity index is 208. The topological polar surface area (TPSA) is 72.4 Å². The molecule has 0 spiro atoms. The molecule has 104 valence electrons. The minimum atomic E-state index is -4.74. The SMILES string of the molecule is CCCCCCCCCCCCOP(=O)([O-])[O-].[Hg+2]. The van der Waals surface area contributed by atoms with Gasteiger partial charge in [0.25, 0.3) is 0 Å². The van der Waals surface area contributed by atoms with E-state index in [4.69, 9.17) is 0 Å². The summed E-state index contributed by atoms with van der Waals surface area (Å²) in [4.78, 5) is 20.3. The average molecular weight is 465 g/mol. The molecular formula is C12H25HgO4P. The molecule has 0 radical (unpaired) electrons. The summed E-state index contributed by atoms with van der Waals surface area (Å²) in [5, 5.41) is 0. The molecule has 0 saturated carbocycles. The van der Waals surface area contributed by atoms with E-state index >= 15 is 0 Å². The van der Waals surface area contributed by atoms with Crippen molar-refractivity contribution in [3.8, 4) is 0 Å². The predicted octanol–water partition coefficient (Wildman–Crippen LogP) is 2.75. The molecule has 4 nitrogen and oxygen atoms in total. The number of unbranched alkanes of at least 4 members (excludes halogenated alkanes) is 9. The molecule has 0 bridgehead atoms. The van der Waals surface area contributed by atoms with Crippen LogP contribution in [-0.4, -0.2) is 6.61 Å². The molecule has 0 atom stereocenters. The molecule has 6 heteroatoms. The van der Waals surface area contributed by atoms with Crippen LogP contribution in [0.15, 0.2) is 0 Å². The van der Waals surface area contributed by atoms with Gasteiger partial charge in [-0.2, -0.15) is 0 Å². The molecule has 0 rings (SSSR count). The molecule has 0 aliphatic heterocycles. The summed E-state index contributed by atoms with van der Waals surface area (Å²) in [5.74, 6) is 0. The standard InChI is InChI=1S/C12H27O4P.Hg/c1-2-3-4-5-6-7-8-9-10-11-12-16-17(13,14)15;/h2-12H2,1H3,(H2,13,14,15);/q;+2/p-2. The summed E-state index contributed by atoms with van der Waals surface area (Å²) in [6.45, 7) is 2.26. The maximum absolute atomic E-state index is 10.1. The fourth-order valence-electron chi connectivity index (χ4n) is 1.77. The van der Waals surface area contributed by atoms with Crippen molar-refractivity contribution in [1.82, 2.24) is 0 Å². The Morgan fingerprint density at radius 3 is 1.61 bits per heavy atom. The third-order valence-corrected chi connectivity index (χ3v) is 3.25. The van der Waals surface area contributed by atoms with Crippen molar-refractivity contribution in [3.63, 3.8) is 0 Å². The number of rotatable bonds is 12. The van der Waals surface area contributed by atoms with E-state index in [9.17, 15) is 14.4 Å². The van der Waals surface area contributed by atoms with Gasteiger partial charge in [-0.1, -0.05) is 64.7 Å². The second-order valence-corrected chi connectivity index (χ2v) is 5.62. The molecule has 0 aromatic carbocycles. The van der Waals surface area contributed by atoms with Crippen molar-refractivity contribution in [2.45, 2.75) is 71.1 Å². The largest absolute Gasteiger partial charge is 2.00 e. The van der Waals surface area contributed by atoms with E-state index in [1.165, 1.54) is 44.9 Å². The van der Waals surface area contributed by atoms with Crippen molar-refractivity contribution < 1.29 is 46.5 Å². The maximum atomic E-state index is 10.1. The Hall–Kier alpha value is 1.05. The Balaban J connectivity index is 0. The first-order chi connectivity index (χ1) is 8.06. The molecule has 0 unspecified atom stereocenters. The van der Waals surface area contributed by atoms with Crippen LogP contribution in [0.3, 0.4) is 0 Å². The molecule has 0 aromatic rings.